The highest BCUT2D eigenvalue weighted by molar-refractivity contribution is 5.68. The van der Waals surface area contributed by atoms with Gasteiger partial charge in [0.25, 0.3) is 0 Å². The zero-order valence-corrected chi connectivity index (χ0v) is 7.91. The molecule has 0 aliphatic carbocycles. The minimum atomic E-state index is 0.477. The van der Waals surface area contributed by atoms with Crippen molar-refractivity contribution < 1.29 is 0 Å². The molecule has 0 spiro atoms. The predicted octanol–water partition coefficient (Wildman–Crippen LogP) is 2.04. The summed E-state index contributed by atoms with van der Waals surface area (Å²) in [7, 11) is 0. The maximum absolute atomic E-state index is 5.61. The molecule has 0 unspecified atom stereocenters. The molecule has 0 radical (unpaired) electrons. The molecule has 72 valence electrons. The standard InChI is InChI=1S/C10H12N4/c1-7-2-4-8(5-3-7)13-9-6-12-14-10(9)11/h2-6,13H,1H3,(H3,11,12,14). The van der Waals surface area contributed by atoms with Crippen molar-refractivity contribution in [2.24, 2.45) is 0 Å². The Morgan fingerprint density at radius 1 is 1.29 bits per heavy atom. The Morgan fingerprint density at radius 2 is 2.00 bits per heavy atom. The van der Waals surface area contributed by atoms with Gasteiger partial charge in [0.2, 0.25) is 0 Å². The molecule has 1 aromatic heterocycles. The predicted molar refractivity (Wildman–Crippen MR) is 57.5 cm³/mol. The molecule has 2 aromatic rings. The molecule has 4 heteroatoms. The van der Waals surface area contributed by atoms with E-state index in [1.165, 1.54) is 5.56 Å². The number of aryl methyl sites for hydroxylation is 1. The molecule has 4 N–H and O–H groups in total. The van der Waals surface area contributed by atoms with Crippen molar-refractivity contribution in [3.63, 3.8) is 0 Å². The van der Waals surface area contributed by atoms with Crippen LogP contribution < -0.4 is 11.1 Å². The molecule has 0 saturated heterocycles. The van der Waals surface area contributed by atoms with Crippen molar-refractivity contribution in [2.45, 2.75) is 6.92 Å². The summed E-state index contributed by atoms with van der Waals surface area (Å²) in [6, 6.07) is 8.08. The monoisotopic (exact) mass is 188 g/mol. The fourth-order valence-corrected chi connectivity index (χ4v) is 1.19. The lowest BCUT2D eigenvalue weighted by atomic mass is 10.2. The van der Waals surface area contributed by atoms with E-state index in [-0.39, 0.29) is 0 Å². The van der Waals surface area contributed by atoms with Crippen LogP contribution >= 0.6 is 0 Å². The number of benzene rings is 1. The molecular formula is C10H12N4. The van der Waals surface area contributed by atoms with Gasteiger partial charge < -0.3 is 11.1 Å². The Bertz CT molecular complexity index is 416. The Balaban J connectivity index is 2.19. The third kappa shape index (κ3) is 1.69. The maximum atomic E-state index is 5.61. The number of aromatic amines is 1. The van der Waals surface area contributed by atoms with Gasteiger partial charge in [0, 0.05) is 11.9 Å². The zero-order chi connectivity index (χ0) is 9.97. The quantitative estimate of drug-likeness (QED) is 0.675. The third-order valence-corrected chi connectivity index (χ3v) is 2.00. The first kappa shape index (κ1) is 8.62. The van der Waals surface area contributed by atoms with E-state index < -0.39 is 0 Å². The molecule has 1 aromatic carbocycles. The first-order valence-electron chi connectivity index (χ1n) is 4.38. The van der Waals surface area contributed by atoms with Crippen LogP contribution in [0.3, 0.4) is 0 Å². The highest BCUT2D eigenvalue weighted by Crippen LogP contribution is 2.20. The van der Waals surface area contributed by atoms with Crippen molar-refractivity contribution >= 4 is 17.2 Å². The molecule has 0 aliphatic rings. The zero-order valence-electron chi connectivity index (χ0n) is 7.91. The topological polar surface area (TPSA) is 66.7 Å². The second-order valence-electron chi connectivity index (χ2n) is 3.18. The van der Waals surface area contributed by atoms with E-state index in [0.717, 1.165) is 11.4 Å². The van der Waals surface area contributed by atoms with Gasteiger partial charge in [-0.25, -0.2) is 0 Å². The van der Waals surface area contributed by atoms with Crippen LogP contribution in [0.5, 0.6) is 0 Å². The summed E-state index contributed by atoms with van der Waals surface area (Å²) < 4.78 is 0. The van der Waals surface area contributed by atoms with Crippen LogP contribution in [0.25, 0.3) is 0 Å². The SMILES string of the molecule is Cc1ccc(Nc2c[nH]nc2N)cc1. The lowest BCUT2D eigenvalue weighted by Gasteiger charge is -2.04. The molecule has 1 heterocycles. The smallest absolute Gasteiger partial charge is 0.169 e. The number of nitrogens with two attached hydrogens (primary N) is 1. The summed E-state index contributed by atoms with van der Waals surface area (Å²) in [6.45, 7) is 2.05. The van der Waals surface area contributed by atoms with Gasteiger partial charge in [0.05, 0.1) is 0 Å². The number of H-pyrrole nitrogens is 1. The highest BCUT2D eigenvalue weighted by atomic mass is 15.2. The number of nitrogens with one attached hydrogen (secondary N) is 2. The van der Waals surface area contributed by atoms with Crippen LogP contribution in [0.4, 0.5) is 17.2 Å². The van der Waals surface area contributed by atoms with Crippen LogP contribution in [0, 0.1) is 6.92 Å². The molecule has 0 bridgehead atoms. The number of nitrogen functional groups attached to an aromatic ring is 1. The van der Waals surface area contributed by atoms with E-state index in [9.17, 15) is 0 Å². The fraction of sp³-hybridized carbons (Fsp3) is 0.100. The molecule has 0 aliphatic heterocycles. The van der Waals surface area contributed by atoms with Gasteiger partial charge in [-0.2, -0.15) is 5.10 Å². The second kappa shape index (κ2) is 3.41. The normalized spacial score (nSPS) is 10.1. The Kier molecular flexibility index (Phi) is 2.10. The lowest BCUT2D eigenvalue weighted by molar-refractivity contribution is 1.10. The van der Waals surface area contributed by atoms with Gasteiger partial charge in [-0.1, -0.05) is 17.7 Å². The lowest BCUT2D eigenvalue weighted by Crippen LogP contribution is -1.93. The Morgan fingerprint density at radius 3 is 2.57 bits per heavy atom. The average molecular weight is 188 g/mol. The summed E-state index contributed by atoms with van der Waals surface area (Å²) in [6.07, 6.45) is 1.73. The summed E-state index contributed by atoms with van der Waals surface area (Å²) in [5.74, 6) is 0.477. The molecule has 4 nitrogen and oxygen atoms in total. The number of aromatic nitrogens is 2. The molecule has 2 rings (SSSR count). The van der Waals surface area contributed by atoms with Crippen molar-refractivity contribution in [3.05, 3.63) is 36.0 Å². The van der Waals surface area contributed by atoms with Gasteiger partial charge in [-0.05, 0) is 19.1 Å². The molecule has 0 saturated carbocycles. The van der Waals surface area contributed by atoms with Gasteiger partial charge in [0.1, 0.15) is 5.69 Å². The van der Waals surface area contributed by atoms with E-state index >= 15 is 0 Å². The van der Waals surface area contributed by atoms with Crippen molar-refractivity contribution in [2.75, 3.05) is 11.1 Å². The minimum Gasteiger partial charge on any atom is -0.380 e. The third-order valence-electron chi connectivity index (χ3n) is 2.00. The van der Waals surface area contributed by atoms with E-state index in [2.05, 4.69) is 22.4 Å². The molecule has 0 amide bonds. The summed E-state index contributed by atoms with van der Waals surface area (Å²) >= 11 is 0. The van der Waals surface area contributed by atoms with E-state index in [1.54, 1.807) is 6.20 Å². The number of anilines is 3. The summed E-state index contributed by atoms with van der Waals surface area (Å²) in [5.41, 5.74) is 8.65. The van der Waals surface area contributed by atoms with Gasteiger partial charge in [0.15, 0.2) is 5.82 Å². The van der Waals surface area contributed by atoms with Crippen LogP contribution in [-0.2, 0) is 0 Å². The molecular weight excluding hydrogens is 176 g/mol. The highest BCUT2D eigenvalue weighted by Gasteiger charge is 2.00. The fourth-order valence-electron chi connectivity index (χ4n) is 1.19. The van der Waals surface area contributed by atoms with Crippen molar-refractivity contribution in [3.8, 4) is 0 Å². The van der Waals surface area contributed by atoms with Crippen LogP contribution in [0.15, 0.2) is 30.5 Å². The Hall–Kier alpha value is -1.97. The van der Waals surface area contributed by atoms with E-state index in [1.807, 2.05) is 24.3 Å². The maximum Gasteiger partial charge on any atom is 0.169 e. The van der Waals surface area contributed by atoms with E-state index in [4.69, 9.17) is 5.73 Å². The van der Waals surface area contributed by atoms with Crippen LogP contribution in [0.2, 0.25) is 0 Å². The first-order valence-corrected chi connectivity index (χ1v) is 4.38. The number of hydrogen-bond acceptors (Lipinski definition) is 3. The molecule has 14 heavy (non-hydrogen) atoms. The van der Waals surface area contributed by atoms with Crippen molar-refractivity contribution in [1.29, 1.82) is 0 Å². The molecule has 0 atom stereocenters. The average Bonchev–Trinajstić information content (AvgIpc) is 2.56. The minimum absolute atomic E-state index is 0.477. The summed E-state index contributed by atoms with van der Waals surface area (Å²) in [5, 5.41) is 9.67. The van der Waals surface area contributed by atoms with Crippen molar-refractivity contribution in [1.82, 2.24) is 10.2 Å². The Labute approximate surface area is 82.1 Å². The van der Waals surface area contributed by atoms with Gasteiger partial charge in [-0.3, -0.25) is 5.10 Å². The van der Waals surface area contributed by atoms with Gasteiger partial charge in [-0.15, -0.1) is 0 Å². The van der Waals surface area contributed by atoms with Gasteiger partial charge >= 0.3 is 0 Å². The second-order valence-corrected chi connectivity index (χ2v) is 3.18. The number of rotatable bonds is 2. The number of nitrogens with zero attached hydrogens (tertiary/aromatic N) is 1. The summed E-state index contributed by atoms with van der Waals surface area (Å²) in [4.78, 5) is 0. The van der Waals surface area contributed by atoms with E-state index in [0.29, 0.717) is 5.82 Å². The van der Waals surface area contributed by atoms with Crippen LogP contribution in [-0.4, -0.2) is 10.2 Å². The van der Waals surface area contributed by atoms with Crippen LogP contribution in [0.1, 0.15) is 5.56 Å². The first-order chi connectivity index (χ1) is 6.75. The molecule has 0 fully saturated rings. The number of hydrogen-bond donors (Lipinski definition) is 3. The largest absolute Gasteiger partial charge is 0.380 e.